The van der Waals surface area contributed by atoms with E-state index in [1.54, 1.807) is 0 Å². The molecule has 1 fully saturated rings. The van der Waals surface area contributed by atoms with Gasteiger partial charge in [-0.3, -0.25) is 0 Å². The van der Waals surface area contributed by atoms with Crippen LogP contribution in [0.5, 0.6) is 0 Å². The third kappa shape index (κ3) is 3.58. The summed E-state index contributed by atoms with van der Waals surface area (Å²) in [4.78, 5) is 0. The van der Waals surface area contributed by atoms with Gasteiger partial charge in [0.2, 0.25) is 0 Å². The highest BCUT2D eigenvalue weighted by molar-refractivity contribution is 4.88. The lowest BCUT2D eigenvalue weighted by molar-refractivity contribution is 0.238. The van der Waals surface area contributed by atoms with E-state index in [0.29, 0.717) is 18.7 Å². The average molecular weight is 199 g/mol. The summed E-state index contributed by atoms with van der Waals surface area (Å²) in [5, 5.41) is 12.7. The molecule has 1 aliphatic carbocycles. The van der Waals surface area contributed by atoms with E-state index in [2.05, 4.69) is 26.1 Å². The zero-order chi connectivity index (χ0) is 10.6. The lowest BCUT2D eigenvalue weighted by atomic mass is 9.98. The molecule has 0 saturated heterocycles. The first-order chi connectivity index (χ1) is 6.69. The molecule has 0 aromatic rings. The standard InChI is InChI=1S/C12H25NO/c1-4-9(2)10(3)13-12(7-8-14)11-5-6-11/h9-14H,4-8H2,1-3H3. The number of aliphatic hydroxyl groups is 1. The summed E-state index contributed by atoms with van der Waals surface area (Å²) in [6.45, 7) is 7.11. The van der Waals surface area contributed by atoms with Gasteiger partial charge in [-0.1, -0.05) is 20.3 Å². The number of rotatable bonds is 7. The SMILES string of the molecule is CCC(C)C(C)NC(CCO)C1CC1. The monoisotopic (exact) mass is 199 g/mol. The van der Waals surface area contributed by atoms with Crippen molar-refractivity contribution in [1.82, 2.24) is 5.32 Å². The molecule has 2 nitrogen and oxygen atoms in total. The fourth-order valence-electron chi connectivity index (χ4n) is 1.95. The van der Waals surface area contributed by atoms with Crippen LogP contribution in [0.3, 0.4) is 0 Å². The van der Waals surface area contributed by atoms with Gasteiger partial charge in [-0.2, -0.15) is 0 Å². The fraction of sp³-hybridized carbons (Fsp3) is 1.00. The molecule has 2 heteroatoms. The van der Waals surface area contributed by atoms with Crippen LogP contribution in [0.4, 0.5) is 0 Å². The van der Waals surface area contributed by atoms with Crippen molar-refractivity contribution in [3.8, 4) is 0 Å². The smallest absolute Gasteiger partial charge is 0.0445 e. The Morgan fingerprint density at radius 2 is 2.00 bits per heavy atom. The van der Waals surface area contributed by atoms with Gasteiger partial charge in [0.05, 0.1) is 0 Å². The van der Waals surface area contributed by atoms with Gasteiger partial charge in [0.15, 0.2) is 0 Å². The highest BCUT2D eigenvalue weighted by Gasteiger charge is 2.31. The van der Waals surface area contributed by atoms with Gasteiger partial charge >= 0.3 is 0 Å². The zero-order valence-electron chi connectivity index (χ0n) is 9.79. The Morgan fingerprint density at radius 1 is 1.36 bits per heavy atom. The van der Waals surface area contributed by atoms with E-state index in [4.69, 9.17) is 5.11 Å². The van der Waals surface area contributed by atoms with Crippen molar-refractivity contribution in [3.63, 3.8) is 0 Å². The molecule has 3 atom stereocenters. The normalized spacial score (nSPS) is 23.1. The Kier molecular flexibility index (Phi) is 4.90. The molecule has 1 aliphatic rings. The number of nitrogens with one attached hydrogen (secondary N) is 1. The molecule has 0 spiro atoms. The quantitative estimate of drug-likeness (QED) is 0.658. The Labute approximate surface area is 88.1 Å². The second-order valence-electron chi connectivity index (χ2n) is 4.80. The van der Waals surface area contributed by atoms with Crippen molar-refractivity contribution >= 4 is 0 Å². The van der Waals surface area contributed by atoms with E-state index in [1.807, 2.05) is 0 Å². The predicted molar refractivity (Wildman–Crippen MR) is 60.3 cm³/mol. The maximum atomic E-state index is 8.98. The molecule has 0 aliphatic heterocycles. The summed E-state index contributed by atoms with van der Waals surface area (Å²) in [6.07, 6.45) is 4.85. The first kappa shape index (κ1) is 12.0. The third-order valence-corrected chi connectivity index (χ3v) is 3.61. The molecular formula is C12H25NO. The minimum atomic E-state index is 0.321. The first-order valence-electron chi connectivity index (χ1n) is 6.06. The second-order valence-corrected chi connectivity index (χ2v) is 4.80. The van der Waals surface area contributed by atoms with Crippen LogP contribution < -0.4 is 5.32 Å². The van der Waals surface area contributed by atoms with Crippen molar-refractivity contribution in [2.45, 2.75) is 58.5 Å². The minimum Gasteiger partial charge on any atom is -0.396 e. The maximum Gasteiger partial charge on any atom is 0.0445 e. The van der Waals surface area contributed by atoms with Crippen LogP contribution in [-0.2, 0) is 0 Å². The van der Waals surface area contributed by atoms with E-state index in [9.17, 15) is 0 Å². The number of hydrogen-bond donors (Lipinski definition) is 2. The maximum absolute atomic E-state index is 8.98. The molecule has 2 N–H and O–H groups in total. The summed E-state index contributed by atoms with van der Waals surface area (Å²) in [5.74, 6) is 1.57. The molecule has 0 aromatic heterocycles. The van der Waals surface area contributed by atoms with Crippen LogP contribution in [0, 0.1) is 11.8 Å². The van der Waals surface area contributed by atoms with Gasteiger partial charge in [0, 0.05) is 18.7 Å². The van der Waals surface area contributed by atoms with E-state index >= 15 is 0 Å². The Bertz CT molecular complexity index is 156. The summed E-state index contributed by atoms with van der Waals surface area (Å²) in [7, 11) is 0. The molecule has 0 bridgehead atoms. The predicted octanol–water partition coefficient (Wildman–Crippen LogP) is 2.17. The number of aliphatic hydroxyl groups excluding tert-OH is 1. The highest BCUT2D eigenvalue weighted by atomic mass is 16.3. The second kappa shape index (κ2) is 5.72. The molecule has 0 heterocycles. The van der Waals surface area contributed by atoms with E-state index in [-0.39, 0.29) is 0 Å². The summed E-state index contributed by atoms with van der Waals surface area (Å²) >= 11 is 0. The Balaban J connectivity index is 2.30. The zero-order valence-corrected chi connectivity index (χ0v) is 9.79. The molecule has 1 rings (SSSR count). The van der Waals surface area contributed by atoms with Crippen LogP contribution in [0.25, 0.3) is 0 Å². The van der Waals surface area contributed by atoms with Crippen molar-refractivity contribution in [1.29, 1.82) is 0 Å². The lowest BCUT2D eigenvalue weighted by Crippen LogP contribution is -2.41. The number of hydrogen-bond acceptors (Lipinski definition) is 2. The third-order valence-electron chi connectivity index (χ3n) is 3.61. The fourth-order valence-corrected chi connectivity index (χ4v) is 1.95. The van der Waals surface area contributed by atoms with Crippen LogP contribution in [-0.4, -0.2) is 23.8 Å². The van der Waals surface area contributed by atoms with Gasteiger partial charge in [-0.05, 0) is 38.0 Å². The van der Waals surface area contributed by atoms with E-state index < -0.39 is 0 Å². The lowest BCUT2D eigenvalue weighted by Gasteiger charge is -2.26. The molecule has 0 amide bonds. The van der Waals surface area contributed by atoms with Gasteiger partial charge in [0.1, 0.15) is 0 Å². The molecule has 14 heavy (non-hydrogen) atoms. The minimum absolute atomic E-state index is 0.321. The summed E-state index contributed by atoms with van der Waals surface area (Å²) < 4.78 is 0. The van der Waals surface area contributed by atoms with Gasteiger partial charge < -0.3 is 10.4 Å². The molecule has 0 radical (unpaired) electrons. The van der Waals surface area contributed by atoms with Crippen molar-refractivity contribution in [2.75, 3.05) is 6.61 Å². The molecule has 0 aromatic carbocycles. The first-order valence-corrected chi connectivity index (χ1v) is 6.06. The van der Waals surface area contributed by atoms with Crippen LogP contribution in [0.2, 0.25) is 0 Å². The Morgan fingerprint density at radius 3 is 2.43 bits per heavy atom. The largest absolute Gasteiger partial charge is 0.396 e. The average Bonchev–Trinajstić information content (AvgIpc) is 2.99. The van der Waals surface area contributed by atoms with Crippen molar-refractivity contribution < 1.29 is 5.11 Å². The molecule has 3 unspecified atom stereocenters. The van der Waals surface area contributed by atoms with Gasteiger partial charge in [0.25, 0.3) is 0 Å². The van der Waals surface area contributed by atoms with Crippen LogP contribution in [0.1, 0.15) is 46.5 Å². The van der Waals surface area contributed by atoms with Gasteiger partial charge in [-0.25, -0.2) is 0 Å². The van der Waals surface area contributed by atoms with E-state index in [1.165, 1.54) is 19.3 Å². The molecular weight excluding hydrogens is 174 g/mol. The Hall–Kier alpha value is -0.0800. The van der Waals surface area contributed by atoms with E-state index in [0.717, 1.165) is 18.3 Å². The van der Waals surface area contributed by atoms with Crippen molar-refractivity contribution in [2.24, 2.45) is 11.8 Å². The topological polar surface area (TPSA) is 32.3 Å². The molecule has 84 valence electrons. The van der Waals surface area contributed by atoms with Crippen LogP contribution >= 0.6 is 0 Å². The molecule has 1 saturated carbocycles. The van der Waals surface area contributed by atoms with Crippen LogP contribution in [0.15, 0.2) is 0 Å². The summed E-state index contributed by atoms with van der Waals surface area (Å²) in [6, 6.07) is 1.14. The van der Waals surface area contributed by atoms with Gasteiger partial charge in [-0.15, -0.1) is 0 Å². The highest BCUT2D eigenvalue weighted by Crippen LogP contribution is 2.34. The summed E-state index contributed by atoms with van der Waals surface area (Å²) in [5.41, 5.74) is 0. The van der Waals surface area contributed by atoms with Crippen molar-refractivity contribution in [3.05, 3.63) is 0 Å².